The lowest BCUT2D eigenvalue weighted by Gasteiger charge is -2.53. The zero-order valence-corrected chi connectivity index (χ0v) is 34.5. The number of allylic oxidation sites excluding steroid dienone is 5. The highest BCUT2D eigenvalue weighted by molar-refractivity contribution is 5.81. The lowest BCUT2D eigenvalue weighted by molar-refractivity contribution is 0.158. The zero-order chi connectivity index (χ0) is 39.0. The Kier molecular flexibility index (Phi) is 13.0. The number of hydrogen-bond acceptors (Lipinski definition) is 4. The monoisotopic (exact) mass is 738 g/mol. The summed E-state index contributed by atoms with van der Waals surface area (Å²) in [5.41, 5.74) is 10.4. The number of benzene rings is 4. The molecule has 3 atom stereocenters. The van der Waals surface area contributed by atoms with Crippen LogP contribution in [0.2, 0.25) is 0 Å². The lowest BCUT2D eigenvalue weighted by atomic mass is 9.50. The van der Waals surface area contributed by atoms with Crippen molar-refractivity contribution >= 4 is 5.57 Å². The van der Waals surface area contributed by atoms with Gasteiger partial charge in [-0.25, -0.2) is 0 Å². The van der Waals surface area contributed by atoms with Gasteiger partial charge in [0.2, 0.25) is 0 Å². The Labute approximate surface area is 331 Å². The molecular weight excluding hydrogens is 677 g/mol. The second kappa shape index (κ2) is 17.8. The van der Waals surface area contributed by atoms with E-state index >= 15 is 0 Å². The molecule has 0 bridgehead atoms. The van der Waals surface area contributed by atoms with E-state index in [2.05, 4.69) is 127 Å². The summed E-state index contributed by atoms with van der Waals surface area (Å²) < 4.78 is 23.9. The maximum atomic E-state index is 6.59. The van der Waals surface area contributed by atoms with Crippen LogP contribution in [0.3, 0.4) is 0 Å². The molecule has 0 amide bonds. The number of methoxy groups -OCH3 is 2. The lowest BCUT2D eigenvalue weighted by Crippen LogP contribution is -2.43. The van der Waals surface area contributed by atoms with Gasteiger partial charge < -0.3 is 18.9 Å². The molecule has 0 heterocycles. The quantitative estimate of drug-likeness (QED) is 0.101. The summed E-state index contributed by atoms with van der Waals surface area (Å²) in [5, 5.41) is 0. The minimum atomic E-state index is -0.271. The molecule has 0 spiro atoms. The van der Waals surface area contributed by atoms with Gasteiger partial charge in [0.25, 0.3) is 0 Å². The number of hydrogen-bond donors (Lipinski definition) is 0. The van der Waals surface area contributed by atoms with Crippen LogP contribution < -0.4 is 14.2 Å². The standard InChI is InChI=1S/C51H62O4/c1-9-11-12-13-37-16-18-38(19-17-37)15-14-36(3)48-45-30-28-43(54-34-39-20-24-41(52-7)25-21-39)32-46(45)49(50(4,5)10-2)47-31-29-44(33-51(47,48)6)55-35-40-22-26-42(53-8)27-23-40/h16-33,47,49H,9-15,34-35H2,1-8H3/b48-36-. The first-order valence-electron chi connectivity index (χ1n) is 20.4. The van der Waals surface area contributed by atoms with Crippen molar-refractivity contribution < 1.29 is 18.9 Å². The number of unbranched alkanes of at least 4 members (excludes halogenated alkanes) is 2. The van der Waals surface area contributed by atoms with Gasteiger partial charge in [0.1, 0.15) is 36.2 Å². The van der Waals surface area contributed by atoms with Crippen molar-refractivity contribution in [2.45, 2.75) is 106 Å². The zero-order valence-electron chi connectivity index (χ0n) is 34.5. The van der Waals surface area contributed by atoms with Crippen LogP contribution in [0.5, 0.6) is 17.2 Å². The Morgan fingerprint density at radius 2 is 1.25 bits per heavy atom. The van der Waals surface area contributed by atoms with Crippen LogP contribution in [0.4, 0.5) is 0 Å². The van der Waals surface area contributed by atoms with E-state index in [1.165, 1.54) is 52.7 Å². The minimum Gasteiger partial charge on any atom is -0.497 e. The molecule has 0 N–H and O–H groups in total. The number of fused-ring (bicyclic) bond motifs is 2. The first kappa shape index (κ1) is 40.0. The normalized spacial score (nSPS) is 19.9. The first-order chi connectivity index (χ1) is 26.6. The third-order valence-electron chi connectivity index (χ3n) is 12.3. The maximum Gasteiger partial charge on any atom is 0.120 e. The fraction of sp³-hybridized carbons (Fsp3) is 0.412. The summed E-state index contributed by atoms with van der Waals surface area (Å²) in [4.78, 5) is 0. The summed E-state index contributed by atoms with van der Waals surface area (Å²) in [6, 6.07) is 32.5. The Hall–Kier alpha value is -4.70. The predicted molar refractivity (Wildman–Crippen MR) is 228 cm³/mol. The summed E-state index contributed by atoms with van der Waals surface area (Å²) in [6.07, 6.45) is 15.1. The summed E-state index contributed by atoms with van der Waals surface area (Å²) in [6.45, 7) is 15.3. The van der Waals surface area contributed by atoms with Crippen molar-refractivity contribution in [1.29, 1.82) is 0 Å². The molecule has 2 aliphatic carbocycles. The van der Waals surface area contributed by atoms with Crippen LogP contribution in [0.25, 0.3) is 5.57 Å². The van der Waals surface area contributed by atoms with Gasteiger partial charge in [-0.15, -0.1) is 0 Å². The van der Waals surface area contributed by atoms with Crippen molar-refractivity contribution in [2.75, 3.05) is 14.2 Å². The summed E-state index contributed by atoms with van der Waals surface area (Å²) in [7, 11) is 3.40. The predicted octanol–water partition coefficient (Wildman–Crippen LogP) is 13.2. The topological polar surface area (TPSA) is 36.9 Å². The van der Waals surface area contributed by atoms with Gasteiger partial charge in [0.15, 0.2) is 0 Å². The molecule has 55 heavy (non-hydrogen) atoms. The van der Waals surface area contributed by atoms with Gasteiger partial charge in [0, 0.05) is 5.41 Å². The fourth-order valence-electron chi connectivity index (χ4n) is 8.73. The molecule has 0 saturated heterocycles. The van der Waals surface area contributed by atoms with Crippen LogP contribution in [0.15, 0.2) is 121 Å². The molecule has 0 saturated carbocycles. The SMILES string of the molecule is CCCCCc1ccc(CC/C(C)=C2/c3ccc(OCc4ccc(OC)cc4)cc3C(C(C)(C)CC)C3C=CC(OCc4ccc(OC)cc4)=CC23C)cc1. The number of rotatable bonds is 17. The van der Waals surface area contributed by atoms with E-state index in [4.69, 9.17) is 18.9 Å². The molecular formula is C51H62O4. The highest BCUT2D eigenvalue weighted by Crippen LogP contribution is 2.63. The van der Waals surface area contributed by atoms with Gasteiger partial charge in [-0.1, -0.05) is 120 Å². The van der Waals surface area contributed by atoms with E-state index < -0.39 is 0 Å². The van der Waals surface area contributed by atoms with Crippen molar-refractivity contribution in [3.63, 3.8) is 0 Å². The highest BCUT2D eigenvalue weighted by Gasteiger charge is 2.51. The van der Waals surface area contributed by atoms with Crippen LogP contribution in [-0.4, -0.2) is 14.2 Å². The Balaban J connectivity index is 1.37. The van der Waals surface area contributed by atoms with Crippen molar-refractivity contribution in [3.8, 4) is 17.2 Å². The van der Waals surface area contributed by atoms with E-state index in [9.17, 15) is 0 Å². The molecule has 4 nitrogen and oxygen atoms in total. The van der Waals surface area contributed by atoms with Crippen LogP contribution in [0.1, 0.15) is 113 Å². The molecule has 0 aromatic heterocycles. The summed E-state index contributed by atoms with van der Waals surface area (Å²) in [5.74, 6) is 4.05. The third-order valence-corrected chi connectivity index (χ3v) is 12.3. The van der Waals surface area contributed by atoms with E-state index in [1.54, 1.807) is 14.2 Å². The molecule has 0 radical (unpaired) electrons. The second-order valence-electron chi connectivity index (χ2n) is 16.5. The second-order valence-corrected chi connectivity index (χ2v) is 16.5. The fourth-order valence-corrected chi connectivity index (χ4v) is 8.73. The number of aryl methyl sites for hydroxylation is 2. The van der Waals surface area contributed by atoms with Crippen LogP contribution in [-0.2, 0) is 30.8 Å². The molecule has 4 heteroatoms. The molecule has 290 valence electrons. The van der Waals surface area contributed by atoms with E-state index in [0.29, 0.717) is 13.2 Å². The Bertz CT molecular complexity index is 1960. The molecule has 6 rings (SSSR count). The smallest absolute Gasteiger partial charge is 0.120 e. The van der Waals surface area contributed by atoms with E-state index in [0.717, 1.165) is 59.8 Å². The Morgan fingerprint density at radius 3 is 1.84 bits per heavy atom. The van der Waals surface area contributed by atoms with Crippen molar-refractivity contribution in [1.82, 2.24) is 0 Å². The van der Waals surface area contributed by atoms with Gasteiger partial charge >= 0.3 is 0 Å². The molecule has 3 unspecified atom stereocenters. The van der Waals surface area contributed by atoms with Crippen LogP contribution >= 0.6 is 0 Å². The number of ether oxygens (including phenoxy) is 4. The van der Waals surface area contributed by atoms with Crippen molar-refractivity contribution in [2.24, 2.45) is 16.7 Å². The third kappa shape index (κ3) is 9.23. The molecule has 2 aliphatic rings. The maximum absolute atomic E-state index is 6.59. The van der Waals surface area contributed by atoms with E-state index in [-0.39, 0.29) is 22.7 Å². The molecule has 4 aromatic rings. The molecule has 4 aromatic carbocycles. The minimum absolute atomic E-state index is 0.0349. The molecule has 0 aliphatic heterocycles. The molecule has 0 fully saturated rings. The van der Waals surface area contributed by atoms with Crippen molar-refractivity contribution in [3.05, 3.63) is 154 Å². The largest absolute Gasteiger partial charge is 0.497 e. The van der Waals surface area contributed by atoms with Gasteiger partial charge in [-0.05, 0) is 137 Å². The van der Waals surface area contributed by atoms with Gasteiger partial charge in [-0.2, -0.15) is 0 Å². The average molecular weight is 739 g/mol. The summed E-state index contributed by atoms with van der Waals surface area (Å²) >= 11 is 0. The highest BCUT2D eigenvalue weighted by atomic mass is 16.5. The first-order valence-corrected chi connectivity index (χ1v) is 20.4. The van der Waals surface area contributed by atoms with E-state index in [1.807, 2.05) is 24.3 Å². The Morgan fingerprint density at radius 1 is 0.691 bits per heavy atom. The van der Waals surface area contributed by atoms with Gasteiger partial charge in [-0.3, -0.25) is 0 Å². The van der Waals surface area contributed by atoms with Gasteiger partial charge in [0.05, 0.1) is 14.2 Å². The van der Waals surface area contributed by atoms with Crippen LogP contribution in [0, 0.1) is 16.7 Å². The average Bonchev–Trinajstić information content (AvgIpc) is 3.21.